The van der Waals surface area contributed by atoms with Crippen LogP contribution < -0.4 is 4.90 Å². The Morgan fingerprint density at radius 2 is 2.00 bits per heavy atom. The number of rotatable bonds is 5. The van der Waals surface area contributed by atoms with Crippen molar-refractivity contribution in [3.8, 4) is 0 Å². The van der Waals surface area contributed by atoms with Crippen LogP contribution in [0, 0.1) is 6.92 Å². The quantitative estimate of drug-likeness (QED) is 0.752. The van der Waals surface area contributed by atoms with Crippen molar-refractivity contribution in [2.24, 2.45) is 0 Å². The Morgan fingerprint density at radius 1 is 1.28 bits per heavy atom. The highest BCUT2D eigenvalue weighted by Gasteiger charge is 2.13. The van der Waals surface area contributed by atoms with Gasteiger partial charge in [-0.05, 0) is 31.5 Å². The normalized spacial score (nSPS) is 9.94. The predicted molar refractivity (Wildman–Crippen MR) is 70.5 cm³/mol. The van der Waals surface area contributed by atoms with Crippen LogP contribution in [0.2, 0.25) is 0 Å². The van der Waals surface area contributed by atoms with E-state index in [0.717, 1.165) is 11.3 Å². The van der Waals surface area contributed by atoms with E-state index in [0.29, 0.717) is 6.61 Å². The van der Waals surface area contributed by atoms with Crippen LogP contribution in [0.4, 0.5) is 5.69 Å². The molecule has 4 heteroatoms. The summed E-state index contributed by atoms with van der Waals surface area (Å²) in [5.41, 5.74) is 1.93. The summed E-state index contributed by atoms with van der Waals surface area (Å²) in [4.78, 5) is 24.6. The van der Waals surface area contributed by atoms with Gasteiger partial charge < -0.3 is 9.64 Å². The molecule has 0 atom stereocenters. The third-order valence-electron chi connectivity index (χ3n) is 2.61. The van der Waals surface area contributed by atoms with Crippen LogP contribution in [0.3, 0.4) is 0 Å². The van der Waals surface area contributed by atoms with Crippen molar-refractivity contribution in [2.75, 3.05) is 18.6 Å². The van der Waals surface area contributed by atoms with E-state index in [9.17, 15) is 9.59 Å². The molecule has 0 saturated carbocycles. The molecule has 98 valence electrons. The third-order valence-corrected chi connectivity index (χ3v) is 2.61. The number of carbonyl (C=O) groups excluding carboxylic acids is 2. The molecule has 0 aliphatic heterocycles. The SMILES string of the molecule is CCOC(=O)CCC(=O)N(C)c1cccc(C)c1. The van der Waals surface area contributed by atoms with Gasteiger partial charge in [-0.25, -0.2) is 0 Å². The first-order valence-corrected chi connectivity index (χ1v) is 6.03. The maximum Gasteiger partial charge on any atom is 0.306 e. The molecule has 0 spiro atoms. The lowest BCUT2D eigenvalue weighted by atomic mass is 10.2. The van der Waals surface area contributed by atoms with E-state index in [1.165, 1.54) is 0 Å². The molecular formula is C14H19NO3. The second kappa shape index (κ2) is 6.79. The smallest absolute Gasteiger partial charge is 0.306 e. The average molecular weight is 249 g/mol. The zero-order chi connectivity index (χ0) is 13.5. The predicted octanol–water partition coefficient (Wildman–Crippen LogP) is 2.30. The number of esters is 1. The van der Waals surface area contributed by atoms with Crippen molar-refractivity contribution in [2.45, 2.75) is 26.7 Å². The van der Waals surface area contributed by atoms with Crippen LogP contribution >= 0.6 is 0 Å². The number of anilines is 1. The van der Waals surface area contributed by atoms with Crippen molar-refractivity contribution in [3.05, 3.63) is 29.8 Å². The zero-order valence-corrected chi connectivity index (χ0v) is 11.1. The van der Waals surface area contributed by atoms with E-state index in [4.69, 9.17) is 4.74 Å². The van der Waals surface area contributed by atoms with Gasteiger partial charge in [0.15, 0.2) is 0 Å². The second-order valence-corrected chi connectivity index (χ2v) is 4.10. The van der Waals surface area contributed by atoms with Gasteiger partial charge in [0.25, 0.3) is 0 Å². The molecule has 0 aliphatic carbocycles. The van der Waals surface area contributed by atoms with Crippen LogP contribution in [0.1, 0.15) is 25.3 Å². The number of carbonyl (C=O) groups is 2. The Balaban J connectivity index is 2.54. The highest BCUT2D eigenvalue weighted by Crippen LogP contribution is 2.15. The minimum absolute atomic E-state index is 0.0892. The van der Waals surface area contributed by atoms with E-state index >= 15 is 0 Å². The molecule has 1 amide bonds. The number of hydrogen-bond acceptors (Lipinski definition) is 3. The van der Waals surface area contributed by atoms with E-state index in [1.54, 1.807) is 18.9 Å². The molecular weight excluding hydrogens is 230 g/mol. The van der Waals surface area contributed by atoms with E-state index in [-0.39, 0.29) is 24.7 Å². The molecule has 0 bridgehead atoms. The highest BCUT2D eigenvalue weighted by atomic mass is 16.5. The molecule has 0 aromatic heterocycles. The van der Waals surface area contributed by atoms with Gasteiger partial charge >= 0.3 is 5.97 Å². The van der Waals surface area contributed by atoms with Gasteiger partial charge in [-0.3, -0.25) is 9.59 Å². The molecule has 0 fully saturated rings. The Labute approximate surface area is 108 Å². The molecule has 4 nitrogen and oxygen atoms in total. The minimum Gasteiger partial charge on any atom is -0.466 e. The Bertz CT molecular complexity index is 429. The van der Waals surface area contributed by atoms with Gasteiger partial charge in [0.05, 0.1) is 13.0 Å². The van der Waals surface area contributed by atoms with Crippen molar-refractivity contribution < 1.29 is 14.3 Å². The van der Waals surface area contributed by atoms with Crippen LogP contribution in [0.5, 0.6) is 0 Å². The fourth-order valence-electron chi connectivity index (χ4n) is 1.59. The lowest BCUT2D eigenvalue weighted by molar-refractivity contribution is -0.144. The molecule has 0 radical (unpaired) electrons. The largest absolute Gasteiger partial charge is 0.466 e. The summed E-state index contributed by atoms with van der Waals surface area (Å²) in [7, 11) is 1.71. The van der Waals surface area contributed by atoms with E-state index in [2.05, 4.69) is 0 Å². The molecule has 0 N–H and O–H groups in total. The topological polar surface area (TPSA) is 46.6 Å². The number of benzene rings is 1. The molecule has 0 unspecified atom stereocenters. The number of ether oxygens (including phenoxy) is 1. The van der Waals surface area contributed by atoms with Crippen molar-refractivity contribution in [1.82, 2.24) is 0 Å². The molecule has 1 aromatic rings. The molecule has 0 aliphatic rings. The summed E-state index contributed by atoms with van der Waals surface area (Å²) in [6.45, 7) is 4.07. The summed E-state index contributed by atoms with van der Waals surface area (Å²) in [6, 6.07) is 7.68. The van der Waals surface area contributed by atoms with E-state index in [1.807, 2.05) is 31.2 Å². The summed E-state index contributed by atoms with van der Waals surface area (Å²) in [6.07, 6.45) is 0.298. The van der Waals surface area contributed by atoms with Gasteiger partial charge in [-0.15, -0.1) is 0 Å². The first kappa shape index (κ1) is 14.2. The van der Waals surface area contributed by atoms with Gasteiger partial charge in [0.2, 0.25) is 5.91 Å². The Morgan fingerprint density at radius 3 is 2.61 bits per heavy atom. The lowest BCUT2D eigenvalue weighted by Gasteiger charge is -2.17. The first-order valence-electron chi connectivity index (χ1n) is 6.03. The lowest BCUT2D eigenvalue weighted by Crippen LogP contribution is -2.26. The fourth-order valence-corrected chi connectivity index (χ4v) is 1.59. The number of nitrogens with zero attached hydrogens (tertiary/aromatic N) is 1. The third kappa shape index (κ3) is 4.20. The molecule has 1 rings (SSSR count). The fraction of sp³-hybridized carbons (Fsp3) is 0.429. The van der Waals surface area contributed by atoms with Crippen LogP contribution in [-0.2, 0) is 14.3 Å². The van der Waals surface area contributed by atoms with Crippen LogP contribution in [-0.4, -0.2) is 25.5 Å². The molecule has 0 heterocycles. The van der Waals surface area contributed by atoms with Crippen LogP contribution in [0.15, 0.2) is 24.3 Å². The highest BCUT2D eigenvalue weighted by molar-refractivity contribution is 5.94. The molecule has 18 heavy (non-hydrogen) atoms. The zero-order valence-electron chi connectivity index (χ0n) is 11.1. The molecule has 0 saturated heterocycles. The number of hydrogen-bond donors (Lipinski definition) is 0. The maximum atomic E-state index is 11.9. The first-order chi connectivity index (χ1) is 8.54. The number of amides is 1. The maximum absolute atomic E-state index is 11.9. The van der Waals surface area contributed by atoms with Gasteiger partial charge in [0.1, 0.15) is 0 Å². The standard InChI is InChI=1S/C14H19NO3/c1-4-18-14(17)9-8-13(16)15(3)12-7-5-6-11(2)10-12/h5-7,10H,4,8-9H2,1-3H3. The second-order valence-electron chi connectivity index (χ2n) is 4.10. The Hall–Kier alpha value is -1.84. The summed E-state index contributed by atoms with van der Waals surface area (Å²) in [5.74, 6) is -0.419. The number of aryl methyl sites for hydroxylation is 1. The Kier molecular flexibility index (Phi) is 5.36. The monoisotopic (exact) mass is 249 g/mol. The van der Waals surface area contributed by atoms with E-state index < -0.39 is 0 Å². The average Bonchev–Trinajstić information content (AvgIpc) is 2.35. The van der Waals surface area contributed by atoms with Crippen molar-refractivity contribution >= 4 is 17.6 Å². The summed E-state index contributed by atoms with van der Waals surface area (Å²) < 4.78 is 4.79. The summed E-state index contributed by atoms with van der Waals surface area (Å²) in [5, 5.41) is 0. The van der Waals surface area contributed by atoms with Crippen LogP contribution in [0.25, 0.3) is 0 Å². The van der Waals surface area contributed by atoms with Crippen molar-refractivity contribution in [1.29, 1.82) is 0 Å². The van der Waals surface area contributed by atoms with Gasteiger partial charge in [0, 0.05) is 19.2 Å². The van der Waals surface area contributed by atoms with Crippen molar-refractivity contribution in [3.63, 3.8) is 0 Å². The summed E-state index contributed by atoms with van der Waals surface area (Å²) >= 11 is 0. The van der Waals surface area contributed by atoms with Gasteiger partial charge in [-0.2, -0.15) is 0 Å². The van der Waals surface area contributed by atoms with Gasteiger partial charge in [-0.1, -0.05) is 12.1 Å². The molecule has 1 aromatic carbocycles. The minimum atomic E-state index is -0.330.